The molecule has 2 aliphatic rings. The minimum absolute atomic E-state index is 0.456. The first kappa shape index (κ1) is 16.7. The molecule has 2 unspecified atom stereocenters. The Bertz CT molecular complexity index is 1220. The van der Waals surface area contributed by atoms with Crippen LogP contribution >= 0.6 is 11.3 Å². The van der Waals surface area contributed by atoms with Gasteiger partial charge in [0, 0.05) is 27.9 Å². The second-order valence-electron chi connectivity index (χ2n) is 8.82. The van der Waals surface area contributed by atoms with Gasteiger partial charge >= 0.3 is 0 Å². The fourth-order valence-corrected chi connectivity index (χ4v) is 6.89. The topological polar surface area (TPSA) is 58.0 Å². The molecule has 1 saturated carbocycles. The molecule has 4 aromatic heterocycles. The van der Waals surface area contributed by atoms with Crippen molar-refractivity contribution in [3.63, 3.8) is 0 Å². The lowest BCUT2D eigenvalue weighted by molar-refractivity contribution is 0.688. The smallest absolute Gasteiger partial charge is 0.158 e. The number of aryl methyl sites for hydroxylation is 2. The second-order valence-corrected chi connectivity index (χ2v) is 9.87. The molecule has 4 aromatic rings. The molecule has 144 valence electrons. The normalized spacial score (nSPS) is 24.0. The highest BCUT2D eigenvalue weighted by atomic mass is 32.1. The Hall–Kier alpha value is -2.18. The first-order valence-electron chi connectivity index (χ1n) is 10.2. The molecule has 0 radical (unpaired) electrons. The number of pyridine rings is 1. The van der Waals surface area contributed by atoms with E-state index in [1.807, 2.05) is 15.9 Å². The molecule has 0 bridgehead atoms. The van der Waals surface area contributed by atoms with Gasteiger partial charge in [-0.25, -0.2) is 9.50 Å². The van der Waals surface area contributed by atoms with Gasteiger partial charge in [0.1, 0.15) is 11.2 Å². The zero-order chi connectivity index (χ0) is 19.2. The number of thiophene rings is 1. The number of aromatic nitrogens is 4. The molecule has 2 N–H and O–H groups in total. The Kier molecular flexibility index (Phi) is 3.39. The standard InChI is InChI=1S/C22H25N5S/c1-10(2)16-17-12(4)20(18-14-6-23-7-15(14)18)28-22(17)26-19(16)13-5-11(3)21-24-9-25-27(21)8-13/h5,8-10,14-15,18,23,26H,6-7H2,1-4H3. The van der Waals surface area contributed by atoms with E-state index in [-0.39, 0.29) is 0 Å². The van der Waals surface area contributed by atoms with Crippen LogP contribution in [-0.2, 0) is 0 Å². The van der Waals surface area contributed by atoms with E-state index in [1.165, 1.54) is 45.7 Å². The SMILES string of the molecule is Cc1c(C2C3CNCC32)sc2[nH]c(-c3cc(C)c4ncnn4c3)c(C(C)C)c12. The van der Waals surface area contributed by atoms with Crippen molar-refractivity contribution in [2.75, 3.05) is 13.1 Å². The summed E-state index contributed by atoms with van der Waals surface area (Å²) in [5.74, 6) is 2.96. The minimum Gasteiger partial charge on any atom is -0.346 e. The van der Waals surface area contributed by atoms with Gasteiger partial charge in [-0.15, -0.1) is 11.3 Å². The molecule has 1 aliphatic heterocycles. The van der Waals surface area contributed by atoms with Crippen LogP contribution in [0.4, 0.5) is 0 Å². The first-order chi connectivity index (χ1) is 13.5. The van der Waals surface area contributed by atoms with Crippen LogP contribution in [0.1, 0.15) is 47.3 Å². The van der Waals surface area contributed by atoms with E-state index in [0.717, 1.165) is 29.0 Å². The number of H-pyrrole nitrogens is 1. The Morgan fingerprint density at radius 3 is 2.75 bits per heavy atom. The Labute approximate surface area is 168 Å². The predicted molar refractivity (Wildman–Crippen MR) is 114 cm³/mol. The predicted octanol–water partition coefficient (Wildman–Crippen LogP) is 4.61. The molecule has 5 nitrogen and oxygen atoms in total. The van der Waals surface area contributed by atoms with Gasteiger partial charge in [-0.1, -0.05) is 13.8 Å². The summed E-state index contributed by atoms with van der Waals surface area (Å²) in [4.78, 5) is 11.1. The first-order valence-corrected chi connectivity index (χ1v) is 11.0. The molecule has 6 heteroatoms. The Morgan fingerprint density at radius 2 is 2.00 bits per heavy atom. The van der Waals surface area contributed by atoms with Crippen LogP contribution in [0, 0.1) is 25.7 Å². The molecule has 5 heterocycles. The fraction of sp³-hybridized carbons (Fsp3) is 0.455. The zero-order valence-electron chi connectivity index (χ0n) is 16.7. The van der Waals surface area contributed by atoms with Crippen molar-refractivity contribution in [3.05, 3.63) is 40.2 Å². The van der Waals surface area contributed by atoms with Crippen LogP contribution in [0.3, 0.4) is 0 Å². The van der Waals surface area contributed by atoms with E-state index >= 15 is 0 Å². The molecule has 1 aliphatic carbocycles. The third-order valence-corrected chi connectivity index (χ3v) is 8.09. The van der Waals surface area contributed by atoms with E-state index in [1.54, 1.807) is 11.2 Å². The van der Waals surface area contributed by atoms with Gasteiger partial charge in [-0.3, -0.25) is 0 Å². The molecule has 28 heavy (non-hydrogen) atoms. The lowest BCUT2D eigenvalue weighted by Crippen LogP contribution is -2.13. The number of nitrogens with one attached hydrogen (secondary N) is 2. The van der Waals surface area contributed by atoms with Crippen molar-refractivity contribution < 1.29 is 0 Å². The molecule has 0 amide bonds. The molecule has 0 aromatic carbocycles. The number of fused-ring (bicyclic) bond motifs is 3. The lowest BCUT2D eigenvalue weighted by Gasteiger charge is -2.11. The number of rotatable bonds is 3. The molecule has 2 fully saturated rings. The number of piperidine rings is 1. The summed E-state index contributed by atoms with van der Waals surface area (Å²) in [7, 11) is 0. The number of hydrogen-bond donors (Lipinski definition) is 2. The van der Waals surface area contributed by atoms with Gasteiger partial charge in [0.2, 0.25) is 0 Å². The van der Waals surface area contributed by atoms with E-state index in [0.29, 0.717) is 5.92 Å². The number of aromatic amines is 1. The quantitative estimate of drug-likeness (QED) is 0.536. The zero-order valence-corrected chi connectivity index (χ0v) is 17.5. The molecule has 1 saturated heterocycles. The summed E-state index contributed by atoms with van der Waals surface area (Å²) in [6, 6.07) is 2.23. The maximum Gasteiger partial charge on any atom is 0.158 e. The van der Waals surface area contributed by atoms with Crippen LogP contribution in [0.5, 0.6) is 0 Å². The maximum atomic E-state index is 4.37. The Morgan fingerprint density at radius 1 is 1.21 bits per heavy atom. The van der Waals surface area contributed by atoms with Crippen molar-refractivity contribution in [3.8, 4) is 11.3 Å². The summed E-state index contributed by atoms with van der Waals surface area (Å²) in [5.41, 5.74) is 7.45. The van der Waals surface area contributed by atoms with E-state index < -0.39 is 0 Å². The van der Waals surface area contributed by atoms with Crippen molar-refractivity contribution in [1.82, 2.24) is 24.9 Å². The molecular weight excluding hydrogens is 366 g/mol. The second kappa shape index (κ2) is 5.67. The van der Waals surface area contributed by atoms with Crippen LogP contribution in [0.25, 0.3) is 27.1 Å². The highest BCUT2D eigenvalue weighted by molar-refractivity contribution is 7.19. The summed E-state index contributed by atoms with van der Waals surface area (Å²) in [5, 5.41) is 9.35. The third kappa shape index (κ3) is 2.16. The summed E-state index contributed by atoms with van der Waals surface area (Å²) in [6.07, 6.45) is 3.73. The van der Waals surface area contributed by atoms with E-state index in [2.05, 4.69) is 60.3 Å². The van der Waals surface area contributed by atoms with Crippen LogP contribution in [-0.4, -0.2) is 32.7 Å². The van der Waals surface area contributed by atoms with Gasteiger partial charge in [0.25, 0.3) is 0 Å². The lowest BCUT2D eigenvalue weighted by atomic mass is 9.95. The molecular formula is C22H25N5S. The average molecular weight is 392 g/mol. The highest BCUT2D eigenvalue weighted by Crippen LogP contribution is 2.59. The Balaban J connectivity index is 1.54. The molecule has 0 spiro atoms. The van der Waals surface area contributed by atoms with Crippen molar-refractivity contribution in [1.29, 1.82) is 0 Å². The molecule has 2 atom stereocenters. The van der Waals surface area contributed by atoms with Gasteiger partial charge in [-0.2, -0.15) is 5.10 Å². The third-order valence-electron chi connectivity index (χ3n) is 6.78. The maximum absolute atomic E-state index is 4.37. The van der Waals surface area contributed by atoms with Gasteiger partial charge in [-0.05, 0) is 67.4 Å². The minimum atomic E-state index is 0.456. The summed E-state index contributed by atoms with van der Waals surface area (Å²) >= 11 is 1.99. The summed E-state index contributed by atoms with van der Waals surface area (Å²) in [6.45, 7) is 11.4. The van der Waals surface area contributed by atoms with Crippen LogP contribution in [0.2, 0.25) is 0 Å². The van der Waals surface area contributed by atoms with E-state index in [4.69, 9.17) is 0 Å². The van der Waals surface area contributed by atoms with Gasteiger partial charge in [0.15, 0.2) is 5.65 Å². The largest absolute Gasteiger partial charge is 0.346 e. The number of nitrogens with zero attached hydrogens (tertiary/aromatic N) is 3. The van der Waals surface area contributed by atoms with Crippen LogP contribution in [0.15, 0.2) is 18.6 Å². The summed E-state index contributed by atoms with van der Waals surface area (Å²) < 4.78 is 1.89. The van der Waals surface area contributed by atoms with Gasteiger partial charge in [0.05, 0.1) is 5.69 Å². The van der Waals surface area contributed by atoms with E-state index in [9.17, 15) is 0 Å². The van der Waals surface area contributed by atoms with Crippen LogP contribution < -0.4 is 5.32 Å². The van der Waals surface area contributed by atoms with Crippen molar-refractivity contribution in [2.24, 2.45) is 11.8 Å². The van der Waals surface area contributed by atoms with Crippen molar-refractivity contribution >= 4 is 27.2 Å². The number of hydrogen-bond acceptors (Lipinski definition) is 4. The van der Waals surface area contributed by atoms with Gasteiger partial charge < -0.3 is 10.3 Å². The average Bonchev–Trinajstić information content (AvgIpc) is 3.19. The molecule has 6 rings (SSSR count). The monoisotopic (exact) mass is 391 g/mol. The fourth-order valence-electron chi connectivity index (χ4n) is 5.41. The van der Waals surface area contributed by atoms with Crippen molar-refractivity contribution in [2.45, 2.75) is 39.5 Å². The highest BCUT2D eigenvalue weighted by Gasteiger charge is 2.54.